The molecule has 0 saturated heterocycles. The Morgan fingerprint density at radius 3 is 2.58 bits per heavy atom. The van der Waals surface area contributed by atoms with Gasteiger partial charge in [0.15, 0.2) is 0 Å². The van der Waals surface area contributed by atoms with Crippen LogP contribution in [-0.4, -0.2) is 11.1 Å². The van der Waals surface area contributed by atoms with Gasteiger partial charge in [-0.3, -0.25) is 9.36 Å². The highest BCUT2D eigenvalue weighted by Gasteiger charge is 2.26. The zero-order chi connectivity index (χ0) is 21.5. The van der Waals surface area contributed by atoms with E-state index >= 15 is 0 Å². The largest absolute Gasteiger partial charge is 0.398 e. The molecule has 5 nitrogen and oxygen atoms in total. The van der Waals surface area contributed by atoms with Crippen molar-refractivity contribution in [2.45, 2.75) is 38.8 Å². The molecule has 0 spiro atoms. The summed E-state index contributed by atoms with van der Waals surface area (Å²) in [4.78, 5) is 16.8. The van der Waals surface area contributed by atoms with Gasteiger partial charge in [0.1, 0.15) is 20.8 Å². The molecule has 0 aliphatic carbocycles. The lowest BCUT2D eigenvalue weighted by Gasteiger charge is -2.16. The molecule has 0 unspecified atom stereocenters. The third kappa shape index (κ3) is 3.23. The van der Waals surface area contributed by atoms with Crippen molar-refractivity contribution in [3.63, 3.8) is 0 Å². The van der Waals surface area contributed by atoms with Crippen LogP contribution in [0.25, 0.3) is 22.2 Å². The Balaban J connectivity index is 1.75. The SMILES string of the molecule is CCN1C(=c2sc(=Cc3oc4ccccc4[n+]3CC)n(CC)c2=O)Sc2ccccc21. The summed E-state index contributed by atoms with van der Waals surface area (Å²) in [7, 11) is 0. The minimum absolute atomic E-state index is 0.0617. The smallest absolute Gasteiger partial charge is 0.377 e. The quantitative estimate of drug-likeness (QED) is 0.446. The Kier molecular flexibility index (Phi) is 5.24. The lowest BCUT2D eigenvalue weighted by atomic mass is 10.3. The summed E-state index contributed by atoms with van der Waals surface area (Å²) in [6, 6.07) is 16.4. The zero-order valence-electron chi connectivity index (χ0n) is 17.8. The molecule has 0 saturated carbocycles. The molecule has 2 aromatic carbocycles. The van der Waals surface area contributed by atoms with Crippen molar-refractivity contribution in [1.82, 2.24) is 4.57 Å². The Bertz CT molecular complexity index is 1460. The second kappa shape index (κ2) is 8.05. The van der Waals surface area contributed by atoms with Crippen LogP contribution in [0, 0.1) is 0 Å². The first-order chi connectivity index (χ1) is 15.2. The minimum atomic E-state index is 0.0617. The first kappa shape index (κ1) is 20.2. The molecule has 0 bridgehead atoms. The highest BCUT2D eigenvalue weighted by Crippen LogP contribution is 2.45. The molecule has 0 N–H and O–H groups in total. The van der Waals surface area contributed by atoms with Gasteiger partial charge in [-0.05, 0) is 39.0 Å². The number of hydrogen-bond donors (Lipinski definition) is 0. The molecule has 5 rings (SSSR count). The lowest BCUT2D eigenvalue weighted by Crippen LogP contribution is -2.36. The van der Waals surface area contributed by atoms with E-state index in [1.165, 1.54) is 10.6 Å². The number of thioether (sulfide) groups is 1. The van der Waals surface area contributed by atoms with Crippen LogP contribution in [0.3, 0.4) is 0 Å². The van der Waals surface area contributed by atoms with Gasteiger partial charge in [0, 0.05) is 24.1 Å². The molecule has 31 heavy (non-hydrogen) atoms. The molecular weight excluding hydrogens is 426 g/mol. The van der Waals surface area contributed by atoms with Crippen LogP contribution in [0.1, 0.15) is 26.7 Å². The van der Waals surface area contributed by atoms with E-state index in [1.54, 1.807) is 23.1 Å². The van der Waals surface area contributed by atoms with Crippen molar-refractivity contribution in [3.8, 4) is 0 Å². The topological polar surface area (TPSA) is 42.3 Å². The van der Waals surface area contributed by atoms with E-state index in [9.17, 15) is 4.79 Å². The molecule has 0 amide bonds. The number of rotatable bonds is 4. The third-order valence-corrected chi connectivity index (χ3v) is 7.98. The third-order valence-electron chi connectivity index (χ3n) is 5.55. The van der Waals surface area contributed by atoms with Crippen LogP contribution < -0.4 is 24.2 Å². The summed E-state index contributed by atoms with van der Waals surface area (Å²) in [5.74, 6) is 0.762. The van der Waals surface area contributed by atoms with Gasteiger partial charge in [-0.25, -0.2) is 0 Å². The maximum absolute atomic E-state index is 13.4. The van der Waals surface area contributed by atoms with Gasteiger partial charge >= 0.3 is 5.89 Å². The number of thiazole rings is 1. The van der Waals surface area contributed by atoms with Crippen molar-refractivity contribution < 1.29 is 8.98 Å². The minimum Gasteiger partial charge on any atom is -0.398 e. The molecular formula is C24H24N3O2S2+. The predicted octanol–water partition coefficient (Wildman–Crippen LogP) is 3.51. The van der Waals surface area contributed by atoms with Crippen LogP contribution in [0.2, 0.25) is 0 Å². The Hall–Kier alpha value is -2.77. The average Bonchev–Trinajstić information content (AvgIpc) is 3.43. The summed E-state index contributed by atoms with van der Waals surface area (Å²) < 4.78 is 11.8. The van der Waals surface area contributed by atoms with Gasteiger partial charge in [-0.2, -0.15) is 4.57 Å². The Labute approximate surface area is 188 Å². The van der Waals surface area contributed by atoms with Crippen LogP contribution in [0.4, 0.5) is 5.69 Å². The van der Waals surface area contributed by atoms with Crippen LogP contribution in [0.15, 0.2) is 62.6 Å². The van der Waals surface area contributed by atoms with Crippen molar-refractivity contribution in [2.24, 2.45) is 0 Å². The highest BCUT2D eigenvalue weighted by atomic mass is 32.2. The van der Waals surface area contributed by atoms with Gasteiger partial charge in [0.05, 0.1) is 11.8 Å². The monoisotopic (exact) mass is 450 g/mol. The highest BCUT2D eigenvalue weighted by molar-refractivity contribution is 8.08. The number of hydrogen-bond acceptors (Lipinski definition) is 5. The first-order valence-electron chi connectivity index (χ1n) is 10.6. The Morgan fingerprint density at radius 1 is 1.03 bits per heavy atom. The van der Waals surface area contributed by atoms with Gasteiger partial charge in [0.25, 0.3) is 11.1 Å². The molecule has 0 fully saturated rings. The molecule has 1 aliphatic heterocycles. The lowest BCUT2D eigenvalue weighted by molar-refractivity contribution is -0.674. The second-order valence-corrected chi connectivity index (χ2v) is 9.30. The molecule has 4 aromatic rings. The number of fused-ring (bicyclic) bond motifs is 2. The summed E-state index contributed by atoms with van der Waals surface area (Å²) in [5.41, 5.74) is 3.15. The molecule has 7 heteroatoms. The average molecular weight is 451 g/mol. The molecule has 2 aromatic heterocycles. The molecule has 0 radical (unpaired) electrons. The van der Waals surface area contributed by atoms with E-state index in [4.69, 9.17) is 4.42 Å². The molecule has 158 valence electrons. The van der Waals surface area contributed by atoms with E-state index in [-0.39, 0.29) is 5.56 Å². The van der Waals surface area contributed by atoms with Gasteiger partial charge < -0.3 is 9.32 Å². The van der Waals surface area contributed by atoms with Gasteiger partial charge in [-0.1, -0.05) is 36.0 Å². The number of anilines is 1. The molecule has 3 heterocycles. The molecule has 1 aliphatic rings. The molecule has 0 atom stereocenters. The van der Waals surface area contributed by atoms with E-state index in [2.05, 4.69) is 41.5 Å². The number of aromatic nitrogens is 2. The van der Waals surface area contributed by atoms with Crippen LogP contribution >= 0.6 is 23.1 Å². The fourth-order valence-electron chi connectivity index (χ4n) is 4.08. The number of para-hydroxylation sites is 3. The maximum Gasteiger partial charge on any atom is 0.377 e. The van der Waals surface area contributed by atoms with Gasteiger partial charge in [-0.15, -0.1) is 11.3 Å². The van der Waals surface area contributed by atoms with Crippen molar-refractivity contribution in [2.75, 3.05) is 11.4 Å². The van der Waals surface area contributed by atoms with Gasteiger partial charge in [0.2, 0.25) is 5.58 Å². The first-order valence-corrected chi connectivity index (χ1v) is 12.2. The summed E-state index contributed by atoms with van der Waals surface area (Å²) in [5, 5.41) is 1.02. The van der Waals surface area contributed by atoms with E-state index in [0.29, 0.717) is 6.54 Å². The van der Waals surface area contributed by atoms with Crippen molar-refractivity contribution in [3.05, 3.63) is 74.0 Å². The summed E-state index contributed by atoms with van der Waals surface area (Å²) in [6.07, 6.45) is 2.01. The maximum atomic E-state index is 13.4. The van der Waals surface area contributed by atoms with Crippen LogP contribution in [-0.2, 0) is 13.1 Å². The standard InChI is InChI=1S/C24H24N3O2S2/c1-4-25-16-11-7-9-13-18(16)29-20(25)15-21-27(6-3)23(28)22(31-21)24-26(5-2)17-12-8-10-14-19(17)30-24/h7-15H,4-6H2,1-3H3/q+1. The summed E-state index contributed by atoms with van der Waals surface area (Å²) in [6.45, 7) is 8.48. The van der Waals surface area contributed by atoms with E-state index in [1.807, 2.05) is 47.9 Å². The zero-order valence-corrected chi connectivity index (χ0v) is 19.4. The van der Waals surface area contributed by atoms with Crippen molar-refractivity contribution in [1.29, 1.82) is 0 Å². The summed E-state index contributed by atoms with van der Waals surface area (Å²) >= 11 is 3.23. The number of nitrogens with zero attached hydrogens (tertiary/aromatic N) is 3. The predicted molar refractivity (Wildman–Crippen MR) is 128 cm³/mol. The Morgan fingerprint density at radius 2 is 1.81 bits per heavy atom. The van der Waals surface area contributed by atoms with Crippen LogP contribution in [0.5, 0.6) is 0 Å². The van der Waals surface area contributed by atoms with E-state index in [0.717, 1.165) is 44.3 Å². The fourth-order valence-corrected chi connectivity index (χ4v) is 6.57. The number of oxazole rings is 1. The second-order valence-electron chi connectivity index (χ2n) is 7.23. The fraction of sp³-hybridized carbons (Fsp3) is 0.250. The number of benzene rings is 2. The normalized spacial score (nSPS) is 15.8. The van der Waals surface area contributed by atoms with E-state index < -0.39 is 0 Å². The van der Waals surface area contributed by atoms with Crippen molar-refractivity contribution >= 4 is 51.0 Å². The number of aryl methyl sites for hydroxylation is 1.